The molecule has 0 radical (unpaired) electrons. The predicted octanol–water partition coefficient (Wildman–Crippen LogP) is 3.99. The van der Waals surface area contributed by atoms with Gasteiger partial charge in [-0.15, -0.1) is 0 Å². The van der Waals surface area contributed by atoms with E-state index in [0.29, 0.717) is 11.1 Å². The molecule has 0 spiro atoms. The zero-order chi connectivity index (χ0) is 15.4. The lowest BCUT2D eigenvalue weighted by Gasteiger charge is -2.04. The van der Waals surface area contributed by atoms with Crippen LogP contribution in [-0.4, -0.2) is 17.2 Å². The molecule has 2 rings (SSSR count). The van der Waals surface area contributed by atoms with Crippen LogP contribution in [0.25, 0.3) is 0 Å². The third kappa shape index (κ3) is 4.15. The van der Waals surface area contributed by atoms with Crippen molar-refractivity contribution in [3.8, 4) is 5.75 Å². The van der Waals surface area contributed by atoms with E-state index in [4.69, 9.17) is 0 Å². The Labute approximate surface area is 139 Å². The number of carbonyl (C=O) groups excluding carboxylic acids is 1. The van der Waals surface area contributed by atoms with Gasteiger partial charge in [0.15, 0.2) is 0 Å². The van der Waals surface area contributed by atoms with E-state index in [1.807, 2.05) is 6.07 Å². The Morgan fingerprint density at radius 2 is 2.00 bits per heavy atom. The van der Waals surface area contributed by atoms with Crippen LogP contribution in [0.2, 0.25) is 0 Å². The van der Waals surface area contributed by atoms with E-state index in [1.54, 1.807) is 37.3 Å². The molecule has 108 valence electrons. The molecule has 0 aliphatic carbocycles. The molecule has 2 N–H and O–H groups in total. The highest BCUT2D eigenvalue weighted by Gasteiger charge is 2.06. The number of amides is 1. The number of aryl methyl sites for hydroxylation is 1. The lowest BCUT2D eigenvalue weighted by atomic mass is 10.1. The summed E-state index contributed by atoms with van der Waals surface area (Å²) in [5.74, 6) is -0.183. The largest absolute Gasteiger partial charge is 0.507 e. The van der Waals surface area contributed by atoms with Crippen LogP contribution in [0.4, 0.5) is 0 Å². The van der Waals surface area contributed by atoms with Crippen molar-refractivity contribution < 1.29 is 9.90 Å². The van der Waals surface area contributed by atoms with E-state index in [1.165, 1.54) is 6.21 Å². The van der Waals surface area contributed by atoms with Crippen LogP contribution in [0.15, 0.2) is 50.4 Å². The van der Waals surface area contributed by atoms with Crippen LogP contribution < -0.4 is 5.43 Å². The highest BCUT2D eigenvalue weighted by Crippen LogP contribution is 2.25. The monoisotopic (exact) mass is 410 g/mol. The molecule has 0 saturated carbocycles. The van der Waals surface area contributed by atoms with Crippen LogP contribution in [0.3, 0.4) is 0 Å². The van der Waals surface area contributed by atoms with Gasteiger partial charge in [0.2, 0.25) is 0 Å². The normalized spacial score (nSPS) is 10.8. The number of hydrazone groups is 1. The molecular formula is C15H12Br2N2O2. The third-order valence-corrected chi connectivity index (χ3v) is 3.70. The molecule has 0 heterocycles. The van der Waals surface area contributed by atoms with Crippen molar-refractivity contribution >= 4 is 44.0 Å². The topological polar surface area (TPSA) is 61.7 Å². The minimum absolute atomic E-state index is 0.138. The summed E-state index contributed by atoms with van der Waals surface area (Å²) >= 11 is 6.65. The molecular weight excluding hydrogens is 400 g/mol. The second kappa shape index (κ2) is 6.87. The Balaban J connectivity index is 2.11. The Morgan fingerprint density at radius 1 is 1.24 bits per heavy atom. The van der Waals surface area contributed by atoms with E-state index in [2.05, 4.69) is 42.4 Å². The minimum atomic E-state index is -0.321. The number of hydrogen-bond acceptors (Lipinski definition) is 3. The smallest absolute Gasteiger partial charge is 0.271 e. The fraction of sp³-hybridized carbons (Fsp3) is 0.0667. The number of rotatable bonds is 3. The molecule has 0 aromatic heterocycles. The Morgan fingerprint density at radius 3 is 2.71 bits per heavy atom. The molecule has 2 aromatic rings. The summed E-state index contributed by atoms with van der Waals surface area (Å²) in [4.78, 5) is 11.9. The van der Waals surface area contributed by atoms with Crippen LogP contribution in [0.1, 0.15) is 21.5 Å². The second-order valence-corrected chi connectivity index (χ2v) is 6.20. The van der Waals surface area contributed by atoms with Crippen molar-refractivity contribution in [1.29, 1.82) is 0 Å². The van der Waals surface area contributed by atoms with Crippen LogP contribution in [-0.2, 0) is 0 Å². The molecule has 0 unspecified atom stereocenters. The predicted molar refractivity (Wildman–Crippen MR) is 89.7 cm³/mol. The maximum atomic E-state index is 11.9. The van der Waals surface area contributed by atoms with Gasteiger partial charge in [-0.2, -0.15) is 5.10 Å². The lowest BCUT2D eigenvalue weighted by Crippen LogP contribution is -2.17. The van der Waals surface area contributed by atoms with Gasteiger partial charge in [0.05, 0.1) is 6.21 Å². The van der Waals surface area contributed by atoms with Gasteiger partial charge in [0.25, 0.3) is 5.91 Å². The molecule has 6 heteroatoms. The molecule has 2 aromatic carbocycles. The molecule has 0 aliphatic rings. The van der Waals surface area contributed by atoms with Gasteiger partial charge in [0, 0.05) is 20.1 Å². The third-order valence-electron chi connectivity index (χ3n) is 2.75. The standard InChI is InChI=1S/C15H12Br2N2O2/c1-9-5-13(17)7-11(14(9)20)8-18-19-15(21)10-3-2-4-12(16)6-10/h2-8,20H,1H3,(H,19,21)/b18-8-. The Bertz CT molecular complexity index is 715. The number of carbonyl (C=O) groups is 1. The van der Waals surface area contributed by atoms with Crippen molar-refractivity contribution in [2.75, 3.05) is 0 Å². The zero-order valence-electron chi connectivity index (χ0n) is 11.1. The van der Waals surface area contributed by atoms with Crippen molar-refractivity contribution in [1.82, 2.24) is 5.43 Å². The van der Waals surface area contributed by atoms with Gasteiger partial charge in [-0.25, -0.2) is 5.43 Å². The first-order chi connectivity index (χ1) is 9.97. The molecule has 0 bridgehead atoms. The Hall–Kier alpha value is -1.66. The maximum Gasteiger partial charge on any atom is 0.271 e. The number of hydrogen-bond donors (Lipinski definition) is 2. The summed E-state index contributed by atoms with van der Waals surface area (Å²) in [5.41, 5.74) is 4.17. The number of benzene rings is 2. The first-order valence-corrected chi connectivity index (χ1v) is 7.64. The van der Waals surface area contributed by atoms with Crippen LogP contribution in [0.5, 0.6) is 5.75 Å². The van der Waals surface area contributed by atoms with E-state index in [0.717, 1.165) is 14.5 Å². The van der Waals surface area contributed by atoms with Gasteiger partial charge < -0.3 is 5.11 Å². The highest BCUT2D eigenvalue weighted by molar-refractivity contribution is 9.10. The van der Waals surface area contributed by atoms with Gasteiger partial charge in [-0.05, 0) is 42.8 Å². The van der Waals surface area contributed by atoms with Crippen molar-refractivity contribution in [2.24, 2.45) is 5.10 Å². The minimum Gasteiger partial charge on any atom is -0.507 e. The van der Waals surface area contributed by atoms with Crippen molar-refractivity contribution in [2.45, 2.75) is 6.92 Å². The number of phenolic OH excluding ortho intramolecular Hbond substituents is 1. The summed E-state index contributed by atoms with van der Waals surface area (Å²) in [6, 6.07) is 10.5. The number of nitrogens with zero attached hydrogens (tertiary/aromatic N) is 1. The van der Waals surface area contributed by atoms with Gasteiger partial charge in [0.1, 0.15) is 5.75 Å². The highest BCUT2D eigenvalue weighted by atomic mass is 79.9. The van der Waals surface area contributed by atoms with Gasteiger partial charge in [-0.1, -0.05) is 37.9 Å². The fourth-order valence-electron chi connectivity index (χ4n) is 1.71. The summed E-state index contributed by atoms with van der Waals surface area (Å²) in [7, 11) is 0. The lowest BCUT2D eigenvalue weighted by molar-refractivity contribution is 0.0955. The summed E-state index contributed by atoms with van der Waals surface area (Å²) in [6.45, 7) is 1.79. The average molecular weight is 412 g/mol. The maximum absolute atomic E-state index is 11.9. The van der Waals surface area contributed by atoms with E-state index in [9.17, 15) is 9.90 Å². The molecule has 0 saturated heterocycles. The number of halogens is 2. The fourth-order valence-corrected chi connectivity index (χ4v) is 2.70. The summed E-state index contributed by atoms with van der Waals surface area (Å²) in [6.07, 6.45) is 1.41. The zero-order valence-corrected chi connectivity index (χ0v) is 14.3. The number of nitrogens with one attached hydrogen (secondary N) is 1. The molecule has 0 atom stereocenters. The first kappa shape index (κ1) is 15.7. The van der Waals surface area contributed by atoms with Crippen LogP contribution in [0, 0.1) is 6.92 Å². The number of aromatic hydroxyl groups is 1. The summed E-state index contributed by atoms with van der Waals surface area (Å²) in [5, 5.41) is 13.8. The second-order valence-electron chi connectivity index (χ2n) is 4.37. The SMILES string of the molecule is Cc1cc(Br)cc(/C=N\NC(=O)c2cccc(Br)c2)c1O. The van der Waals surface area contributed by atoms with Crippen molar-refractivity contribution in [3.63, 3.8) is 0 Å². The molecule has 21 heavy (non-hydrogen) atoms. The quantitative estimate of drug-likeness (QED) is 0.592. The molecule has 0 aliphatic heterocycles. The molecule has 1 amide bonds. The molecule has 0 fully saturated rings. The average Bonchev–Trinajstić information content (AvgIpc) is 2.43. The van der Waals surface area contributed by atoms with E-state index in [-0.39, 0.29) is 11.7 Å². The van der Waals surface area contributed by atoms with Gasteiger partial charge in [-0.3, -0.25) is 4.79 Å². The summed E-state index contributed by atoms with van der Waals surface area (Å²) < 4.78 is 1.65. The molecule has 4 nitrogen and oxygen atoms in total. The first-order valence-electron chi connectivity index (χ1n) is 6.05. The van der Waals surface area contributed by atoms with E-state index >= 15 is 0 Å². The number of phenols is 1. The van der Waals surface area contributed by atoms with Gasteiger partial charge >= 0.3 is 0 Å². The van der Waals surface area contributed by atoms with Crippen molar-refractivity contribution in [3.05, 3.63) is 62.0 Å². The Kier molecular flexibility index (Phi) is 5.14. The van der Waals surface area contributed by atoms with Crippen LogP contribution >= 0.6 is 31.9 Å². The van der Waals surface area contributed by atoms with E-state index < -0.39 is 0 Å².